The van der Waals surface area contributed by atoms with Crippen LogP contribution in [0.2, 0.25) is 5.02 Å². The summed E-state index contributed by atoms with van der Waals surface area (Å²) in [5, 5.41) is 4.74. The van der Waals surface area contributed by atoms with Crippen molar-refractivity contribution in [1.82, 2.24) is 0 Å². The molecule has 0 atom stereocenters. The largest absolute Gasteiger partial charge is 0.422 e. The van der Waals surface area contributed by atoms with Gasteiger partial charge in [0.1, 0.15) is 10.5 Å². The maximum Gasteiger partial charge on any atom is 0.352 e. The Bertz CT molecular complexity index is 623. The van der Waals surface area contributed by atoms with Crippen molar-refractivity contribution in [2.45, 2.75) is 4.90 Å². The Morgan fingerprint density at radius 3 is 3.19 bits per heavy atom. The van der Waals surface area contributed by atoms with Crippen LogP contribution in [0.25, 0.3) is 11.0 Å². The third kappa shape index (κ3) is 1.49. The summed E-state index contributed by atoms with van der Waals surface area (Å²) in [6.07, 6.45) is 0. The SMILES string of the molecule is O=c1oc2ccc(Cl)cc2c2c1SCCN2. The van der Waals surface area contributed by atoms with Crippen LogP contribution in [0.15, 0.2) is 32.3 Å². The number of halogens is 1. The molecule has 3 nitrogen and oxygen atoms in total. The first-order chi connectivity index (χ1) is 7.75. The standard InChI is InChI=1S/C11H8ClNO2S/c12-6-1-2-8-7(5-6)9-10(11(14)15-8)16-4-3-13-9/h1-2,5,13H,3-4H2. The Balaban J connectivity index is 2.43. The molecule has 16 heavy (non-hydrogen) atoms. The molecule has 0 radical (unpaired) electrons. The molecule has 1 aliphatic rings. The monoisotopic (exact) mass is 253 g/mol. The molecule has 0 spiro atoms. The van der Waals surface area contributed by atoms with E-state index in [1.54, 1.807) is 12.1 Å². The van der Waals surface area contributed by atoms with E-state index in [0.717, 1.165) is 23.4 Å². The van der Waals surface area contributed by atoms with Crippen LogP contribution >= 0.6 is 23.4 Å². The highest BCUT2D eigenvalue weighted by atomic mass is 35.5. The molecule has 0 bridgehead atoms. The molecule has 2 heterocycles. The minimum atomic E-state index is -0.276. The summed E-state index contributed by atoms with van der Waals surface area (Å²) in [5.41, 5.74) is 1.15. The fourth-order valence-electron chi connectivity index (χ4n) is 1.79. The van der Waals surface area contributed by atoms with Crippen molar-refractivity contribution in [3.05, 3.63) is 33.6 Å². The predicted molar refractivity (Wildman–Crippen MR) is 66.7 cm³/mol. The van der Waals surface area contributed by atoms with E-state index in [0.29, 0.717) is 15.5 Å². The van der Waals surface area contributed by atoms with Crippen LogP contribution < -0.4 is 10.9 Å². The van der Waals surface area contributed by atoms with Gasteiger partial charge < -0.3 is 9.73 Å². The molecule has 2 aromatic rings. The lowest BCUT2D eigenvalue weighted by Gasteiger charge is -2.17. The maximum absolute atomic E-state index is 11.7. The van der Waals surface area contributed by atoms with Crippen LogP contribution in [0.3, 0.4) is 0 Å². The van der Waals surface area contributed by atoms with Crippen molar-refractivity contribution in [3.8, 4) is 0 Å². The zero-order valence-corrected chi connectivity index (χ0v) is 9.82. The lowest BCUT2D eigenvalue weighted by Crippen LogP contribution is -2.16. The van der Waals surface area contributed by atoms with E-state index in [9.17, 15) is 4.79 Å². The molecule has 1 N–H and O–H groups in total. The topological polar surface area (TPSA) is 42.2 Å². The maximum atomic E-state index is 11.7. The first-order valence-electron chi connectivity index (χ1n) is 4.89. The Hall–Kier alpha value is -1.13. The summed E-state index contributed by atoms with van der Waals surface area (Å²) in [5.74, 6) is 0.879. The highest BCUT2D eigenvalue weighted by Crippen LogP contribution is 2.35. The summed E-state index contributed by atoms with van der Waals surface area (Å²) >= 11 is 7.47. The van der Waals surface area contributed by atoms with Gasteiger partial charge in [-0.05, 0) is 18.2 Å². The first kappa shape index (κ1) is 10.1. The molecule has 82 valence electrons. The summed E-state index contributed by atoms with van der Waals surface area (Å²) in [6.45, 7) is 0.850. The fourth-order valence-corrected chi connectivity index (χ4v) is 2.86. The third-order valence-electron chi connectivity index (χ3n) is 2.48. The van der Waals surface area contributed by atoms with E-state index in [2.05, 4.69) is 5.32 Å². The minimum absolute atomic E-state index is 0.276. The molecule has 1 aromatic carbocycles. The van der Waals surface area contributed by atoms with Crippen molar-refractivity contribution in [1.29, 1.82) is 0 Å². The second-order valence-electron chi connectivity index (χ2n) is 3.51. The molecule has 0 saturated heterocycles. The van der Waals surface area contributed by atoms with E-state index in [-0.39, 0.29) is 5.63 Å². The highest BCUT2D eigenvalue weighted by Gasteiger charge is 2.18. The van der Waals surface area contributed by atoms with Crippen LogP contribution in [-0.2, 0) is 0 Å². The number of fused-ring (bicyclic) bond motifs is 3. The summed E-state index contributed by atoms with van der Waals surface area (Å²) in [7, 11) is 0. The lowest BCUT2D eigenvalue weighted by molar-refractivity contribution is 0.544. The van der Waals surface area contributed by atoms with E-state index in [1.807, 2.05) is 6.07 Å². The van der Waals surface area contributed by atoms with Crippen molar-refractivity contribution in [3.63, 3.8) is 0 Å². The van der Waals surface area contributed by atoms with Crippen molar-refractivity contribution in [2.75, 3.05) is 17.6 Å². The number of anilines is 1. The number of thioether (sulfide) groups is 1. The quantitative estimate of drug-likeness (QED) is 0.733. The van der Waals surface area contributed by atoms with Crippen molar-refractivity contribution >= 4 is 40.0 Å². The first-order valence-corrected chi connectivity index (χ1v) is 6.25. The van der Waals surface area contributed by atoms with Gasteiger partial charge in [0.15, 0.2) is 0 Å². The fraction of sp³-hybridized carbons (Fsp3) is 0.182. The van der Waals surface area contributed by atoms with E-state index in [4.69, 9.17) is 16.0 Å². The van der Waals surface area contributed by atoms with Gasteiger partial charge in [0, 0.05) is 22.7 Å². The average molecular weight is 254 g/mol. The normalized spacial score (nSPS) is 14.6. The van der Waals surface area contributed by atoms with Gasteiger partial charge in [-0.15, -0.1) is 11.8 Å². The molecule has 0 aliphatic carbocycles. The number of hydrogen-bond donors (Lipinski definition) is 1. The Kier molecular flexibility index (Phi) is 2.33. The van der Waals surface area contributed by atoms with Crippen LogP contribution in [0, 0.1) is 0 Å². The Morgan fingerprint density at radius 1 is 1.44 bits per heavy atom. The number of benzene rings is 1. The molecular formula is C11H8ClNO2S. The van der Waals surface area contributed by atoms with E-state index in [1.165, 1.54) is 11.8 Å². The van der Waals surface area contributed by atoms with E-state index < -0.39 is 0 Å². The summed E-state index contributed by atoms with van der Waals surface area (Å²) < 4.78 is 5.24. The van der Waals surface area contributed by atoms with Gasteiger partial charge in [-0.1, -0.05) is 11.6 Å². The van der Waals surface area contributed by atoms with Gasteiger partial charge in [-0.25, -0.2) is 4.79 Å². The van der Waals surface area contributed by atoms with Crippen LogP contribution in [0.5, 0.6) is 0 Å². The second kappa shape index (κ2) is 3.71. The molecule has 1 aliphatic heterocycles. The number of hydrogen-bond acceptors (Lipinski definition) is 4. The molecule has 5 heteroatoms. The minimum Gasteiger partial charge on any atom is -0.422 e. The zero-order chi connectivity index (χ0) is 11.1. The van der Waals surface area contributed by atoms with Gasteiger partial charge in [-0.3, -0.25) is 0 Å². The molecular weight excluding hydrogens is 246 g/mol. The lowest BCUT2D eigenvalue weighted by atomic mass is 10.2. The Morgan fingerprint density at radius 2 is 2.31 bits per heavy atom. The predicted octanol–water partition coefficient (Wildman–Crippen LogP) is 2.96. The molecule has 0 fully saturated rings. The molecule has 1 aromatic heterocycles. The van der Waals surface area contributed by atoms with Crippen molar-refractivity contribution in [2.24, 2.45) is 0 Å². The smallest absolute Gasteiger partial charge is 0.352 e. The number of nitrogens with one attached hydrogen (secondary N) is 1. The van der Waals surface area contributed by atoms with Crippen LogP contribution in [0.4, 0.5) is 5.69 Å². The van der Waals surface area contributed by atoms with Gasteiger partial charge in [0.25, 0.3) is 0 Å². The van der Waals surface area contributed by atoms with Crippen LogP contribution in [0.1, 0.15) is 0 Å². The third-order valence-corrected chi connectivity index (χ3v) is 3.78. The summed E-state index contributed by atoms with van der Waals surface area (Å²) in [6, 6.07) is 5.26. The van der Waals surface area contributed by atoms with Gasteiger partial charge in [-0.2, -0.15) is 0 Å². The van der Waals surface area contributed by atoms with Gasteiger partial charge in [0.2, 0.25) is 0 Å². The molecule has 0 saturated carbocycles. The Labute approximate surface area is 101 Å². The molecule has 0 unspecified atom stereocenters. The van der Waals surface area contributed by atoms with Gasteiger partial charge >= 0.3 is 5.63 Å². The van der Waals surface area contributed by atoms with E-state index >= 15 is 0 Å². The van der Waals surface area contributed by atoms with Crippen molar-refractivity contribution < 1.29 is 4.42 Å². The molecule has 3 rings (SSSR count). The second-order valence-corrected chi connectivity index (χ2v) is 5.05. The number of rotatable bonds is 0. The summed E-state index contributed by atoms with van der Waals surface area (Å²) in [4.78, 5) is 12.4. The average Bonchev–Trinajstić information content (AvgIpc) is 2.31. The zero-order valence-electron chi connectivity index (χ0n) is 8.25. The highest BCUT2D eigenvalue weighted by molar-refractivity contribution is 7.99. The van der Waals surface area contributed by atoms with Crippen LogP contribution in [-0.4, -0.2) is 12.3 Å². The molecule has 0 amide bonds. The van der Waals surface area contributed by atoms with Gasteiger partial charge in [0.05, 0.1) is 5.69 Å².